The summed E-state index contributed by atoms with van der Waals surface area (Å²) in [4.78, 5) is 0. The smallest absolute Gasteiger partial charge is 0.0223 e. The third kappa shape index (κ3) is 6.45. The Kier molecular flexibility index (Phi) is 9.70. The summed E-state index contributed by atoms with van der Waals surface area (Å²) in [7, 11) is 0. The summed E-state index contributed by atoms with van der Waals surface area (Å²) in [5, 5.41) is 0. The maximum absolute atomic E-state index is 5.65. The Morgan fingerprint density at radius 1 is 0.733 bits per heavy atom. The minimum atomic E-state index is 0.645. The van der Waals surface area contributed by atoms with Gasteiger partial charge in [-0.3, -0.25) is 0 Å². The van der Waals surface area contributed by atoms with E-state index in [1.807, 2.05) is 0 Å². The van der Waals surface area contributed by atoms with Crippen molar-refractivity contribution in [1.29, 1.82) is 0 Å². The standard InChI is InChI=1S/C14H29Cl/c1-4-14(5-2,6-3)12-10-8-7-9-11-13-15/h4-13H2,1-3H3. The third-order valence-corrected chi connectivity index (χ3v) is 4.36. The van der Waals surface area contributed by atoms with Crippen LogP contribution in [0.15, 0.2) is 0 Å². The second-order valence-electron chi connectivity index (χ2n) is 4.77. The normalized spacial score (nSPS) is 12.0. The van der Waals surface area contributed by atoms with Crippen LogP contribution < -0.4 is 0 Å². The first-order chi connectivity index (χ1) is 7.24. The van der Waals surface area contributed by atoms with Gasteiger partial charge in [0.25, 0.3) is 0 Å². The second-order valence-corrected chi connectivity index (χ2v) is 5.15. The van der Waals surface area contributed by atoms with Crippen molar-refractivity contribution in [1.82, 2.24) is 0 Å². The summed E-state index contributed by atoms with van der Waals surface area (Å²) in [6, 6.07) is 0. The first-order valence-corrected chi connectivity index (χ1v) is 7.34. The Labute approximate surface area is 102 Å². The van der Waals surface area contributed by atoms with Crippen molar-refractivity contribution >= 4 is 11.6 Å². The highest BCUT2D eigenvalue weighted by atomic mass is 35.5. The molecule has 0 fully saturated rings. The van der Waals surface area contributed by atoms with Crippen LogP contribution in [0, 0.1) is 5.41 Å². The lowest BCUT2D eigenvalue weighted by Gasteiger charge is -2.30. The highest BCUT2D eigenvalue weighted by Crippen LogP contribution is 2.36. The molecule has 0 aromatic rings. The zero-order valence-electron chi connectivity index (χ0n) is 10.9. The van der Waals surface area contributed by atoms with Crippen LogP contribution in [0.3, 0.4) is 0 Å². The number of halogens is 1. The zero-order valence-corrected chi connectivity index (χ0v) is 11.7. The molecule has 0 atom stereocenters. The lowest BCUT2D eigenvalue weighted by atomic mass is 9.75. The average molecular weight is 233 g/mol. The molecule has 0 bridgehead atoms. The lowest BCUT2D eigenvalue weighted by Crippen LogP contribution is -2.17. The van der Waals surface area contributed by atoms with E-state index < -0.39 is 0 Å². The summed E-state index contributed by atoms with van der Waals surface area (Å²) in [5.41, 5.74) is 0.645. The third-order valence-electron chi connectivity index (χ3n) is 4.09. The molecular formula is C14H29Cl. The van der Waals surface area contributed by atoms with Gasteiger partial charge in [-0.25, -0.2) is 0 Å². The van der Waals surface area contributed by atoms with E-state index in [4.69, 9.17) is 11.6 Å². The van der Waals surface area contributed by atoms with Gasteiger partial charge in [-0.2, -0.15) is 0 Å². The van der Waals surface area contributed by atoms with Gasteiger partial charge >= 0.3 is 0 Å². The molecule has 0 N–H and O–H groups in total. The number of alkyl halides is 1. The van der Waals surface area contributed by atoms with Crippen LogP contribution in [0.25, 0.3) is 0 Å². The van der Waals surface area contributed by atoms with E-state index in [9.17, 15) is 0 Å². The average Bonchev–Trinajstić information content (AvgIpc) is 2.29. The number of rotatable bonds is 10. The van der Waals surface area contributed by atoms with Gasteiger partial charge in [-0.05, 0) is 18.3 Å². The molecular weight excluding hydrogens is 204 g/mol. The van der Waals surface area contributed by atoms with Crippen LogP contribution >= 0.6 is 11.6 Å². The predicted molar refractivity (Wildman–Crippen MR) is 71.7 cm³/mol. The van der Waals surface area contributed by atoms with E-state index in [1.54, 1.807) is 0 Å². The molecule has 0 aromatic heterocycles. The maximum atomic E-state index is 5.65. The fourth-order valence-electron chi connectivity index (χ4n) is 2.41. The van der Waals surface area contributed by atoms with Gasteiger partial charge in [0.15, 0.2) is 0 Å². The molecule has 0 aliphatic rings. The van der Waals surface area contributed by atoms with E-state index in [1.165, 1.54) is 57.8 Å². The van der Waals surface area contributed by atoms with Gasteiger partial charge < -0.3 is 0 Å². The van der Waals surface area contributed by atoms with Crippen LogP contribution in [0.5, 0.6) is 0 Å². The van der Waals surface area contributed by atoms with E-state index in [0.717, 1.165) is 5.88 Å². The van der Waals surface area contributed by atoms with Crippen molar-refractivity contribution in [3.63, 3.8) is 0 Å². The van der Waals surface area contributed by atoms with Crippen LogP contribution in [0.4, 0.5) is 0 Å². The summed E-state index contributed by atoms with van der Waals surface area (Å²) < 4.78 is 0. The lowest BCUT2D eigenvalue weighted by molar-refractivity contribution is 0.220. The van der Waals surface area contributed by atoms with Crippen molar-refractivity contribution in [2.45, 2.75) is 78.6 Å². The molecule has 0 nitrogen and oxygen atoms in total. The SMILES string of the molecule is CCC(CC)(CC)CCCCCCCCl. The topological polar surface area (TPSA) is 0 Å². The van der Waals surface area contributed by atoms with Gasteiger partial charge in [-0.1, -0.05) is 65.7 Å². The molecule has 0 unspecified atom stereocenters. The molecule has 0 heterocycles. The summed E-state index contributed by atoms with van der Waals surface area (Å²) in [6.45, 7) is 7.04. The van der Waals surface area contributed by atoms with Gasteiger partial charge in [0, 0.05) is 5.88 Å². The molecule has 0 saturated carbocycles. The highest BCUT2D eigenvalue weighted by Gasteiger charge is 2.22. The van der Waals surface area contributed by atoms with Gasteiger partial charge in [0.2, 0.25) is 0 Å². The van der Waals surface area contributed by atoms with Gasteiger partial charge in [-0.15, -0.1) is 11.6 Å². The highest BCUT2D eigenvalue weighted by molar-refractivity contribution is 6.17. The largest absolute Gasteiger partial charge is 0.127 e. The van der Waals surface area contributed by atoms with E-state index in [-0.39, 0.29) is 0 Å². The molecule has 0 amide bonds. The fraction of sp³-hybridized carbons (Fsp3) is 1.00. The molecule has 0 saturated heterocycles. The van der Waals surface area contributed by atoms with Crippen molar-refractivity contribution in [3.8, 4) is 0 Å². The molecule has 0 aromatic carbocycles. The van der Waals surface area contributed by atoms with E-state index >= 15 is 0 Å². The van der Waals surface area contributed by atoms with Crippen LogP contribution in [0.1, 0.15) is 78.6 Å². The Hall–Kier alpha value is 0.290. The van der Waals surface area contributed by atoms with Crippen molar-refractivity contribution < 1.29 is 0 Å². The summed E-state index contributed by atoms with van der Waals surface area (Å²) in [5.74, 6) is 0.836. The molecule has 0 aliphatic carbocycles. The van der Waals surface area contributed by atoms with Crippen LogP contribution in [-0.2, 0) is 0 Å². The van der Waals surface area contributed by atoms with E-state index in [0.29, 0.717) is 5.41 Å². The monoisotopic (exact) mass is 232 g/mol. The number of hydrogen-bond donors (Lipinski definition) is 0. The van der Waals surface area contributed by atoms with Crippen molar-refractivity contribution in [3.05, 3.63) is 0 Å². The maximum Gasteiger partial charge on any atom is 0.0223 e. The van der Waals surface area contributed by atoms with Crippen LogP contribution in [-0.4, -0.2) is 5.88 Å². The molecule has 0 rings (SSSR count). The second kappa shape index (κ2) is 9.51. The number of hydrogen-bond acceptors (Lipinski definition) is 0. The molecule has 0 radical (unpaired) electrons. The first-order valence-electron chi connectivity index (χ1n) is 6.80. The minimum absolute atomic E-state index is 0.645. The molecule has 1 heteroatoms. The molecule has 0 spiro atoms. The predicted octanol–water partition coefficient (Wildman–Crippen LogP) is 5.78. The van der Waals surface area contributed by atoms with Crippen molar-refractivity contribution in [2.24, 2.45) is 5.41 Å². The van der Waals surface area contributed by atoms with E-state index in [2.05, 4.69) is 20.8 Å². The van der Waals surface area contributed by atoms with Gasteiger partial charge in [0.1, 0.15) is 0 Å². The fourth-order valence-corrected chi connectivity index (χ4v) is 2.59. The molecule has 15 heavy (non-hydrogen) atoms. The molecule has 92 valence electrons. The molecule has 0 aliphatic heterocycles. The number of unbranched alkanes of at least 4 members (excludes halogenated alkanes) is 4. The first kappa shape index (κ1) is 15.3. The quantitative estimate of drug-likeness (QED) is 0.331. The minimum Gasteiger partial charge on any atom is -0.127 e. The summed E-state index contributed by atoms with van der Waals surface area (Å²) in [6.07, 6.45) is 12.2. The Balaban J connectivity index is 3.54. The van der Waals surface area contributed by atoms with Crippen LogP contribution in [0.2, 0.25) is 0 Å². The van der Waals surface area contributed by atoms with Crippen molar-refractivity contribution in [2.75, 3.05) is 5.88 Å². The Morgan fingerprint density at radius 2 is 1.20 bits per heavy atom. The Morgan fingerprint density at radius 3 is 1.67 bits per heavy atom. The Bertz CT molecular complexity index is 119. The summed E-state index contributed by atoms with van der Waals surface area (Å²) >= 11 is 5.65. The van der Waals surface area contributed by atoms with Gasteiger partial charge in [0.05, 0.1) is 0 Å². The zero-order chi connectivity index (χ0) is 11.6.